The standard InChI is InChI=1S/C18H12Cl2O2/c19-15-7-1-13(2-8-15)5-11-17(21)18(22)12-6-14-3-9-16(20)10-4-14/h1-12H/b11-5+,12-6+. The molecular formula is C18H12Cl2O2. The summed E-state index contributed by atoms with van der Waals surface area (Å²) in [5, 5.41) is 1.23. The molecule has 22 heavy (non-hydrogen) atoms. The highest BCUT2D eigenvalue weighted by Gasteiger charge is 2.05. The number of allylic oxidation sites excluding steroid dienone is 2. The van der Waals surface area contributed by atoms with E-state index in [0.717, 1.165) is 11.1 Å². The van der Waals surface area contributed by atoms with Crippen molar-refractivity contribution in [1.82, 2.24) is 0 Å². The molecule has 0 bridgehead atoms. The van der Waals surface area contributed by atoms with Gasteiger partial charge in [0.15, 0.2) is 0 Å². The Hall–Kier alpha value is -2.16. The second-order valence-corrected chi connectivity index (χ2v) is 5.37. The molecule has 0 saturated carbocycles. The molecule has 0 amide bonds. The van der Waals surface area contributed by atoms with Gasteiger partial charge in [0.1, 0.15) is 0 Å². The molecule has 0 aliphatic heterocycles. The van der Waals surface area contributed by atoms with Crippen LogP contribution in [0.15, 0.2) is 60.7 Å². The Morgan fingerprint density at radius 2 is 0.955 bits per heavy atom. The number of ketones is 2. The highest BCUT2D eigenvalue weighted by molar-refractivity contribution is 6.46. The first kappa shape index (κ1) is 16.2. The summed E-state index contributed by atoms with van der Waals surface area (Å²) in [5.74, 6) is -1.17. The molecule has 2 aromatic carbocycles. The summed E-state index contributed by atoms with van der Waals surface area (Å²) in [7, 11) is 0. The Bertz CT molecular complexity index is 661. The average molecular weight is 331 g/mol. The van der Waals surface area contributed by atoms with Crippen molar-refractivity contribution >= 4 is 46.9 Å². The largest absolute Gasteiger partial charge is 0.286 e. The second-order valence-electron chi connectivity index (χ2n) is 4.50. The number of benzene rings is 2. The van der Waals surface area contributed by atoms with Crippen LogP contribution < -0.4 is 0 Å². The lowest BCUT2D eigenvalue weighted by atomic mass is 10.1. The number of hydrogen-bond acceptors (Lipinski definition) is 2. The lowest BCUT2D eigenvalue weighted by molar-refractivity contribution is -0.130. The smallest absolute Gasteiger partial charge is 0.225 e. The molecule has 0 radical (unpaired) electrons. The van der Waals surface area contributed by atoms with Crippen LogP contribution in [0.5, 0.6) is 0 Å². The zero-order valence-corrected chi connectivity index (χ0v) is 13.0. The fourth-order valence-corrected chi connectivity index (χ4v) is 1.91. The number of carbonyl (C=O) groups excluding carboxylic acids is 2. The van der Waals surface area contributed by atoms with E-state index < -0.39 is 11.6 Å². The van der Waals surface area contributed by atoms with Gasteiger partial charge in [0.2, 0.25) is 11.6 Å². The van der Waals surface area contributed by atoms with Gasteiger partial charge in [0.05, 0.1) is 0 Å². The van der Waals surface area contributed by atoms with E-state index in [1.165, 1.54) is 12.2 Å². The summed E-state index contributed by atoms with van der Waals surface area (Å²) in [5.41, 5.74) is 1.60. The third-order valence-electron chi connectivity index (χ3n) is 2.84. The Morgan fingerprint density at radius 3 is 1.27 bits per heavy atom. The summed E-state index contributed by atoms with van der Waals surface area (Å²) in [6.07, 6.45) is 5.65. The number of rotatable bonds is 5. The zero-order chi connectivity index (χ0) is 15.9. The van der Waals surface area contributed by atoms with Gasteiger partial charge < -0.3 is 0 Å². The Labute approximate surface area is 138 Å². The number of carbonyl (C=O) groups is 2. The maximum absolute atomic E-state index is 11.7. The first-order valence-corrected chi connectivity index (χ1v) is 7.26. The quantitative estimate of drug-likeness (QED) is 0.579. The van der Waals surface area contributed by atoms with E-state index in [1.54, 1.807) is 60.7 Å². The molecule has 2 aromatic rings. The van der Waals surface area contributed by atoms with Crippen LogP contribution in [-0.2, 0) is 9.59 Å². The molecule has 0 heterocycles. The Kier molecular flexibility index (Phi) is 5.70. The summed E-state index contributed by atoms with van der Waals surface area (Å²) < 4.78 is 0. The molecule has 0 spiro atoms. The third-order valence-corrected chi connectivity index (χ3v) is 3.34. The molecular weight excluding hydrogens is 319 g/mol. The van der Waals surface area contributed by atoms with Crippen molar-refractivity contribution in [2.24, 2.45) is 0 Å². The first-order chi connectivity index (χ1) is 10.5. The van der Waals surface area contributed by atoms with Crippen LogP contribution in [0.25, 0.3) is 12.2 Å². The van der Waals surface area contributed by atoms with E-state index in [9.17, 15) is 9.59 Å². The van der Waals surface area contributed by atoms with Crippen molar-refractivity contribution in [3.63, 3.8) is 0 Å². The van der Waals surface area contributed by atoms with Crippen LogP contribution in [0, 0.1) is 0 Å². The molecule has 0 aliphatic rings. The van der Waals surface area contributed by atoms with E-state index in [-0.39, 0.29) is 0 Å². The molecule has 0 atom stereocenters. The molecule has 4 heteroatoms. The van der Waals surface area contributed by atoms with Gasteiger partial charge in [0.25, 0.3) is 0 Å². The SMILES string of the molecule is O=C(/C=C/c1ccc(Cl)cc1)C(=O)/C=C/c1ccc(Cl)cc1. The minimum absolute atomic E-state index is 0.583. The topological polar surface area (TPSA) is 34.1 Å². The molecule has 0 fully saturated rings. The zero-order valence-electron chi connectivity index (χ0n) is 11.5. The summed E-state index contributed by atoms with van der Waals surface area (Å²) in [4.78, 5) is 23.4. The average Bonchev–Trinajstić information content (AvgIpc) is 2.53. The Morgan fingerprint density at radius 1 is 0.636 bits per heavy atom. The van der Waals surface area contributed by atoms with Crippen LogP contribution in [-0.4, -0.2) is 11.6 Å². The highest BCUT2D eigenvalue weighted by Crippen LogP contribution is 2.12. The van der Waals surface area contributed by atoms with Gasteiger partial charge in [-0.2, -0.15) is 0 Å². The first-order valence-electron chi connectivity index (χ1n) is 6.50. The molecule has 0 N–H and O–H groups in total. The minimum atomic E-state index is -0.583. The van der Waals surface area contributed by atoms with Gasteiger partial charge in [-0.1, -0.05) is 59.6 Å². The van der Waals surface area contributed by atoms with Crippen molar-refractivity contribution < 1.29 is 9.59 Å². The van der Waals surface area contributed by atoms with E-state index >= 15 is 0 Å². The van der Waals surface area contributed by atoms with Crippen molar-refractivity contribution in [3.05, 3.63) is 81.9 Å². The number of halogens is 2. The third kappa shape index (κ3) is 4.99. The fraction of sp³-hybridized carbons (Fsp3) is 0. The molecule has 2 rings (SSSR count). The van der Waals surface area contributed by atoms with Crippen LogP contribution in [0.1, 0.15) is 11.1 Å². The maximum atomic E-state index is 11.7. The summed E-state index contributed by atoms with van der Waals surface area (Å²) >= 11 is 11.5. The van der Waals surface area contributed by atoms with E-state index in [0.29, 0.717) is 10.0 Å². The van der Waals surface area contributed by atoms with Crippen molar-refractivity contribution in [2.75, 3.05) is 0 Å². The second kappa shape index (κ2) is 7.74. The van der Waals surface area contributed by atoms with Gasteiger partial charge in [-0.15, -0.1) is 0 Å². The van der Waals surface area contributed by atoms with Crippen LogP contribution in [0.3, 0.4) is 0 Å². The van der Waals surface area contributed by atoms with Gasteiger partial charge in [-0.05, 0) is 47.5 Å². The van der Waals surface area contributed by atoms with Crippen molar-refractivity contribution in [2.45, 2.75) is 0 Å². The monoisotopic (exact) mass is 330 g/mol. The fourth-order valence-electron chi connectivity index (χ4n) is 1.66. The van der Waals surface area contributed by atoms with Crippen LogP contribution in [0.2, 0.25) is 10.0 Å². The molecule has 0 unspecified atom stereocenters. The molecule has 0 aliphatic carbocycles. The molecule has 0 saturated heterocycles. The molecule has 0 aromatic heterocycles. The Balaban J connectivity index is 1.98. The number of hydrogen-bond donors (Lipinski definition) is 0. The van der Waals surface area contributed by atoms with Crippen molar-refractivity contribution in [1.29, 1.82) is 0 Å². The van der Waals surface area contributed by atoms with E-state index in [4.69, 9.17) is 23.2 Å². The van der Waals surface area contributed by atoms with Gasteiger partial charge in [-0.25, -0.2) is 0 Å². The predicted molar refractivity (Wildman–Crippen MR) is 91.0 cm³/mol. The summed E-state index contributed by atoms with van der Waals surface area (Å²) in [6.45, 7) is 0. The minimum Gasteiger partial charge on any atom is -0.286 e. The predicted octanol–water partition coefficient (Wildman–Crippen LogP) is 4.86. The lowest BCUT2D eigenvalue weighted by Gasteiger charge is -1.94. The highest BCUT2D eigenvalue weighted by atomic mass is 35.5. The van der Waals surface area contributed by atoms with Gasteiger partial charge in [0, 0.05) is 10.0 Å². The van der Waals surface area contributed by atoms with Gasteiger partial charge >= 0.3 is 0 Å². The van der Waals surface area contributed by atoms with E-state index in [2.05, 4.69) is 0 Å². The van der Waals surface area contributed by atoms with Gasteiger partial charge in [-0.3, -0.25) is 9.59 Å². The maximum Gasteiger partial charge on any atom is 0.225 e. The lowest BCUT2D eigenvalue weighted by Crippen LogP contribution is -2.06. The summed E-state index contributed by atoms with van der Waals surface area (Å²) in [6, 6.07) is 13.9. The van der Waals surface area contributed by atoms with Crippen LogP contribution in [0.4, 0.5) is 0 Å². The molecule has 2 nitrogen and oxygen atoms in total. The molecule has 110 valence electrons. The van der Waals surface area contributed by atoms with Crippen LogP contribution >= 0.6 is 23.2 Å². The normalized spacial score (nSPS) is 11.2. The van der Waals surface area contributed by atoms with E-state index in [1.807, 2.05) is 0 Å². The van der Waals surface area contributed by atoms with Crippen molar-refractivity contribution in [3.8, 4) is 0 Å².